The molecule has 0 bridgehead atoms. The summed E-state index contributed by atoms with van der Waals surface area (Å²) < 4.78 is 25.8. The molecule has 2 nitrogen and oxygen atoms in total. The molecule has 0 fully saturated rings. The largest absolute Gasteiger partial charge is 0.319 e. The van der Waals surface area contributed by atoms with Crippen LogP contribution in [0.15, 0.2) is 36.4 Å². The molecule has 0 saturated carbocycles. The van der Waals surface area contributed by atoms with Crippen LogP contribution in [0.4, 0.5) is 14.5 Å². The monoisotopic (exact) mass is 301 g/mol. The summed E-state index contributed by atoms with van der Waals surface area (Å²) in [5, 5.41) is 2.96. The number of hydrogen-bond donors (Lipinski definition) is 1. The van der Waals surface area contributed by atoms with Crippen LogP contribution in [0.2, 0.25) is 10.0 Å². The second kappa shape index (κ2) is 5.55. The van der Waals surface area contributed by atoms with Crippen molar-refractivity contribution in [1.29, 1.82) is 0 Å². The van der Waals surface area contributed by atoms with Gasteiger partial charge >= 0.3 is 0 Å². The summed E-state index contributed by atoms with van der Waals surface area (Å²) in [5.74, 6) is -2.75. The standard InChI is InChI=1S/C13H7Cl2F2NO/c14-8-2-1-3-9(15)12(8)18-13(19)7-4-5-10(16)11(17)6-7/h1-6H,(H,18,19). The van der Waals surface area contributed by atoms with Crippen LogP contribution in [-0.4, -0.2) is 5.91 Å². The van der Waals surface area contributed by atoms with E-state index in [2.05, 4.69) is 5.32 Å². The van der Waals surface area contributed by atoms with Crippen molar-refractivity contribution >= 4 is 34.8 Å². The van der Waals surface area contributed by atoms with Gasteiger partial charge in [0.05, 0.1) is 15.7 Å². The van der Waals surface area contributed by atoms with Gasteiger partial charge in [0, 0.05) is 5.56 Å². The zero-order valence-electron chi connectivity index (χ0n) is 9.38. The summed E-state index contributed by atoms with van der Waals surface area (Å²) in [6.07, 6.45) is 0. The fraction of sp³-hybridized carbons (Fsp3) is 0. The van der Waals surface area contributed by atoms with Crippen molar-refractivity contribution in [3.05, 3.63) is 63.6 Å². The van der Waals surface area contributed by atoms with E-state index < -0.39 is 17.5 Å². The Morgan fingerprint density at radius 2 is 1.63 bits per heavy atom. The molecule has 0 aliphatic rings. The minimum Gasteiger partial charge on any atom is -0.319 e. The summed E-state index contributed by atoms with van der Waals surface area (Å²) in [6, 6.07) is 7.56. The average Bonchev–Trinajstić information content (AvgIpc) is 2.37. The lowest BCUT2D eigenvalue weighted by molar-refractivity contribution is 0.102. The minimum absolute atomic E-state index is 0.0325. The summed E-state index contributed by atoms with van der Waals surface area (Å²) in [4.78, 5) is 11.9. The molecule has 2 aromatic carbocycles. The summed E-state index contributed by atoms with van der Waals surface area (Å²) in [7, 11) is 0. The highest BCUT2D eigenvalue weighted by Crippen LogP contribution is 2.30. The van der Waals surface area contributed by atoms with E-state index in [4.69, 9.17) is 23.2 Å². The van der Waals surface area contributed by atoms with Crippen molar-refractivity contribution in [2.75, 3.05) is 5.32 Å². The number of carbonyl (C=O) groups excluding carboxylic acids is 1. The van der Waals surface area contributed by atoms with E-state index in [1.54, 1.807) is 18.2 Å². The van der Waals surface area contributed by atoms with Crippen LogP contribution in [-0.2, 0) is 0 Å². The normalized spacial score (nSPS) is 10.3. The fourth-order valence-electron chi connectivity index (χ4n) is 1.44. The molecule has 2 rings (SSSR count). The van der Waals surface area contributed by atoms with Crippen molar-refractivity contribution in [1.82, 2.24) is 0 Å². The Balaban J connectivity index is 2.28. The number of halogens is 4. The molecule has 0 aliphatic heterocycles. The number of nitrogens with one attached hydrogen (secondary N) is 1. The molecule has 0 saturated heterocycles. The molecule has 0 aromatic heterocycles. The number of para-hydroxylation sites is 1. The van der Waals surface area contributed by atoms with Gasteiger partial charge in [0.1, 0.15) is 0 Å². The van der Waals surface area contributed by atoms with Crippen molar-refractivity contribution < 1.29 is 13.6 Å². The van der Waals surface area contributed by atoms with Crippen molar-refractivity contribution in [2.45, 2.75) is 0 Å². The maximum absolute atomic E-state index is 13.0. The van der Waals surface area contributed by atoms with Gasteiger partial charge in [0.25, 0.3) is 5.91 Å². The number of rotatable bonds is 2. The van der Waals surface area contributed by atoms with Crippen LogP contribution in [0.5, 0.6) is 0 Å². The Kier molecular flexibility index (Phi) is 4.02. The number of amides is 1. The maximum Gasteiger partial charge on any atom is 0.255 e. The third-order valence-corrected chi connectivity index (χ3v) is 3.01. The molecular weight excluding hydrogens is 295 g/mol. The van der Waals surface area contributed by atoms with Crippen molar-refractivity contribution in [3.8, 4) is 0 Å². The van der Waals surface area contributed by atoms with E-state index in [0.717, 1.165) is 12.1 Å². The van der Waals surface area contributed by atoms with E-state index in [9.17, 15) is 13.6 Å². The maximum atomic E-state index is 13.0. The van der Waals surface area contributed by atoms with Gasteiger partial charge in [-0.3, -0.25) is 4.79 Å². The number of anilines is 1. The van der Waals surface area contributed by atoms with E-state index in [0.29, 0.717) is 0 Å². The molecule has 0 spiro atoms. The lowest BCUT2D eigenvalue weighted by atomic mass is 10.2. The molecule has 6 heteroatoms. The van der Waals surface area contributed by atoms with E-state index >= 15 is 0 Å². The van der Waals surface area contributed by atoms with Crippen LogP contribution in [0.1, 0.15) is 10.4 Å². The Labute approximate surface area is 118 Å². The Hall–Kier alpha value is -1.65. The average molecular weight is 302 g/mol. The molecule has 0 atom stereocenters. The third-order valence-electron chi connectivity index (χ3n) is 2.38. The first-order valence-corrected chi connectivity index (χ1v) is 5.95. The smallest absolute Gasteiger partial charge is 0.255 e. The van der Waals surface area contributed by atoms with Gasteiger partial charge in [-0.1, -0.05) is 29.3 Å². The number of hydrogen-bond acceptors (Lipinski definition) is 1. The Morgan fingerprint density at radius 3 is 2.21 bits per heavy atom. The molecule has 1 N–H and O–H groups in total. The highest BCUT2D eigenvalue weighted by atomic mass is 35.5. The first-order valence-electron chi connectivity index (χ1n) is 5.19. The molecule has 2 aromatic rings. The summed E-state index contributed by atoms with van der Waals surface area (Å²) in [6.45, 7) is 0. The number of benzene rings is 2. The van der Waals surface area contributed by atoms with Gasteiger partial charge in [-0.25, -0.2) is 8.78 Å². The summed E-state index contributed by atoms with van der Waals surface area (Å²) in [5.41, 5.74) is 0.190. The second-order valence-corrected chi connectivity index (χ2v) is 4.49. The summed E-state index contributed by atoms with van der Waals surface area (Å²) >= 11 is 11.8. The van der Waals surface area contributed by atoms with E-state index in [1.165, 1.54) is 6.07 Å². The fourth-order valence-corrected chi connectivity index (χ4v) is 1.93. The van der Waals surface area contributed by atoms with Crippen LogP contribution < -0.4 is 5.32 Å². The second-order valence-electron chi connectivity index (χ2n) is 3.68. The zero-order chi connectivity index (χ0) is 14.0. The predicted octanol–water partition coefficient (Wildman–Crippen LogP) is 4.52. The van der Waals surface area contributed by atoms with Gasteiger partial charge in [-0.2, -0.15) is 0 Å². The molecule has 98 valence electrons. The van der Waals surface area contributed by atoms with Gasteiger partial charge in [0.15, 0.2) is 11.6 Å². The Morgan fingerprint density at radius 1 is 1.00 bits per heavy atom. The van der Waals surface area contributed by atoms with Crippen LogP contribution in [0.3, 0.4) is 0 Å². The van der Waals surface area contributed by atoms with Gasteiger partial charge in [-0.15, -0.1) is 0 Å². The van der Waals surface area contributed by atoms with Gasteiger partial charge < -0.3 is 5.32 Å². The zero-order valence-corrected chi connectivity index (χ0v) is 10.9. The van der Waals surface area contributed by atoms with Crippen LogP contribution in [0.25, 0.3) is 0 Å². The molecule has 0 aliphatic carbocycles. The van der Waals surface area contributed by atoms with E-state index in [-0.39, 0.29) is 21.3 Å². The van der Waals surface area contributed by atoms with E-state index in [1.807, 2.05) is 0 Å². The molecule has 0 heterocycles. The van der Waals surface area contributed by atoms with Crippen molar-refractivity contribution in [3.63, 3.8) is 0 Å². The minimum atomic E-state index is -1.10. The predicted molar refractivity (Wildman–Crippen MR) is 70.8 cm³/mol. The Bertz CT molecular complexity index is 626. The lowest BCUT2D eigenvalue weighted by Gasteiger charge is -2.09. The van der Waals surface area contributed by atoms with Gasteiger partial charge in [-0.05, 0) is 30.3 Å². The van der Waals surface area contributed by atoms with Crippen LogP contribution in [0, 0.1) is 11.6 Å². The molecular formula is C13H7Cl2F2NO. The molecule has 19 heavy (non-hydrogen) atoms. The topological polar surface area (TPSA) is 29.1 Å². The van der Waals surface area contributed by atoms with Crippen molar-refractivity contribution in [2.24, 2.45) is 0 Å². The first kappa shape index (κ1) is 13.8. The highest BCUT2D eigenvalue weighted by molar-refractivity contribution is 6.40. The quantitative estimate of drug-likeness (QED) is 0.868. The molecule has 0 unspecified atom stereocenters. The third kappa shape index (κ3) is 3.03. The SMILES string of the molecule is O=C(Nc1c(Cl)cccc1Cl)c1ccc(F)c(F)c1. The molecule has 0 radical (unpaired) electrons. The molecule has 1 amide bonds. The highest BCUT2D eigenvalue weighted by Gasteiger charge is 2.13. The lowest BCUT2D eigenvalue weighted by Crippen LogP contribution is -2.13. The first-order chi connectivity index (χ1) is 8.99. The number of carbonyl (C=O) groups is 1. The van der Waals surface area contributed by atoms with Crippen LogP contribution >= 0.6 is 23.2 Å². The van der Waals surface area contributed by atoms with Gasteiger partial charge in [0.2, 0.25) is 0 Å².